The van der Waals surface area contributed by atoms with E-state index in [0.29, 0.717) is 0 Å². The molecule has 11 heavy (non-hydrogen) atoms. The first-order valence-corrected chi connectivity index (χ1v) is 3.74. The molecule has 0 spiro atoms. The van der Waals surface area contributed by atoms with Crippen LogP contribution >= 0.6 is 23.2 Å². The number of halogens is 2. The molecule has 68 valence electrons. The molecule has 0 fully saturated rings. The molecule has 5 heteroatoms. The Balaban J connectivity index is -0.0000000886. The average molecular weight is 203 g/mol. The second-order valence-electron chi connectivity index (χ2n) is 1.53. The summed E-state index contributed by atoms with van der Waals surface area (Å²) in [5.41, 5.74) is 0. The Bertz CT molecular complexity index is 84.0. The van der Waals surface area contributed by atoms with E-state index in [1.165, 1.54) is 13.8 Å². The standard InChI is InChI=1S/C3H6O.C2H4O2.CH2Cl2/c1-3(2)4;1-2(3)4;2-1-3/h1-2H3;1H3,(H,3,4);1H2. The summed E-state index contributed by atoms with van der Waals surface area (Å²) in [5.74, 6) is -0.667. The van der Waals surface area contributed by atoms with Crippen LogP contribution in [0.5, 0.6) is 0 Å². The SMILES string of the molecule is CC(=O)O.CC(C)=O.ClCCl. The van der Waals surface area contributed by atoms with Gasteiger partial charge in [-0.2, -0.15) is 0 Å². The highest BCUT2D eigenvalue weighted by Gasteiger charge is 1.65. The van der Waals surface area contributed by atoms with Crippen molar-refractivity contribution in [3.63, 3.8) is 0 Å². The van der Waals surface area contributed by atoms with Gasteiger partial charge >= 0.3 is 0 Å². The zero-order valence-corrected chi connectivity index (χ0v) is 8.24. The molecule has 1 N–H and O–H groups in total. The van der Waals surface area contributed by atoms with Crippen molar-refractivity contribution in [2.24, 2.45) is 0 Å². The quantitative estimate of drug-likeness (QED) is 0.613. The number of carboxylic acid groups (broad SMARTS) is 1. The Hall–Kier alpha value is -0.280. The molecule has 0 aliphatic carbocycles. The van der Waals surface area contributed by atoms with E-state index in [2.05, 4.69) is 0 Å². The second-order valence-corrected chi connectivity index (χ2v) is 2.34. The molecule has 0 aromatic carbocycles. The molecule has 0 atom stereocenters. The van der Waals surface area contributed by atoms with E-state index in [-0.39, 0.29) is 11.1 Å². The van der Waals surface area contributed by atoms with Gasteiger partial charge in [0.2, 0.25) is 0 Å². The molecule has 0 aromatic rings. The topological polar surface area (TPSA) is 54.4 Å². The molecule has 0 heterocycles. The van der Waals surface area contributed by atoms with Gasteiger partial charge in [0.05, 0.1) is 5.34 Å². The molecule has 0 amide bonds. The molecule has 0 saturated heterocycles. The van der Waals surface area contributed by atoms with Crippen molar-refractivity contribution in [2.45, 2.75) is 20.8 Å². The number of carbonyl (C=O) groups excluding carboxylic acids is 1. The van der Waals surface area contributed by atoms with Crippen LogP contribution in [0.25, 0.3) is 0 Å². The Morgan fingerprint density at radius 2 is 1.18 bits per heavy atom. The number of hydrogen-bond donors (Lipinski definition) is 1. The molecule has 0 rings (SSSR count). The number of ketones is 1. The minimum Gasteiger partial charge on any atom is -0.481 e. The first kappa shape index (κ1) is 17.0. The van der Waals surface area contributed by atoms with Crippen LogP contribution in [0.3, 0.4) is 0 Å². The summed E-state index contributed by atoms with van der Waals surface area (Å²) in [7, 11) is 0. The number of aliphatic carboxylic acids is 1. The van der Waals surface area contributed by atoms with Crippen LogP contribution in [0.4, 0.5) is 0 Å². The third-order valence-corrected chi connectivity index (χ3v) is 0. The van der Waals surface area contributed by atoms with Crippen molar-refractivity contribution in [3.05, 3.63) is 0 Å². The van der Waals surface area contributed by atoms with Crippen LogP contribution < -0.4 is 0 Å². The van der Waals surface area contributed by atoms with Gasteiger partial charge < -0.3 is 9.90 Å². The monoisotopic (exact) mass is 202 g/mol. The molecular weight excluding hydrogens is 191 g/mol. The molecule has 0 unspecified atom stereocenters. The molecule has 0 radical (unpaired) electrons. The van der Waals surface area contributed by atoms with Crippen LogP contribution in [-0.2, 0) is 9.59 Å². The third-order valence-electron chi connectivity index (χ3n) is 0. The molecule has 0 bridgehead atoms. The molecular formula is C6H12Cl2O3. The fraction of sp³-hybridized carbons (Fsp3) is 0.667. The van der Waals surface area contributed by atoms with Crippen molar-refractivity contribution in [2.75, 3.05) is 5.34 Å². The van der Waals surface area contributed by atoms with Crippen molar-refractivity contribution >= 4 is 35.0 Å². The summed E-state index contributed by atoms with van der Waals surface area (Å²) in [6.45, 7) is 4.14. The predicted molar refractivity (Wildman–Crippen MR) is 46.2 cm³/mol. The molecule has 3 nitrogen and oxygen atoms in total. The van der Waals surface area contributed by atoms with Gasteiger partial charge in [-0.25, -0.2) is 0 Å². The van der Waals surface area contributed by atoms with E-state index in [4.69, 9.17) is 33.1 Å². The Morgan fingerprint density at radius 3 is 1.18 bits per heavy atom. The van der Waals surface area contributed by atoms with Gasteiger partial charge in [0.1, 0.15) is 5.78 Å². The summed E-state index contributed by atoms with van der Waals surface area (Å²) in [6.07, 6.45) is 0. The number of alkyl halides is 2. The minimum atomic E-state index is -0.833. The third kappa shape index (κ3) is 7390. The highest BCUT2D eigenvalue weighted by Crippen LogP contribution is 1.73. The Kier molecular flexibility index (Phi) is 25.3. The normalized spacial score (nSPS) is 6.27. The van der Waals surface area contributed by atoms with Crippen molar-refractivity contribution in [1.29, 1.82) is 0 Å². The number of rotatable bonds is 0. The van der Waals surface area contributed by atoms with Crippen molar-refractivity contribution in [3.8, 4) is 0 Å². The lowest BCUT2D eigenvalue weighted by atomic mass is 10.6. The van der Waals surface area contributed by atoms with E-state index in [0.717, 1.165) is 6.92 Å². The first-order chi connectivity index (χ1) is 4.88. The van der Waals surface area contributed by atoms with Gasteiger partial charge in [-0.05, 0) is 13.8 Å². The van der Waals surface area contributed by atoms with E-state index in [1.54, 1.807) is 0 Å². The summed E-state index contributed by atoms with van der Waals surface area (Å²) in [5, 5.41) is 7.61. The van der Waals surface area contributed by atoms with Crippen molar-refractivity contribution in [1.82, 2.24) is 0 Å². The lowest BCUT2D eigenvalue weighted by Crippen LogP contribution is -1.78. The summed E-state index contributed by atoms with van der Waals surface area (Å²) < 4.78 is 0. The zero-order chi connectivity index (χ0) is 9.86. The smallest absolute Gasteiger partial charge is 0.300 e. The highest BCUT2D eigenvalue weighted by molar-refractivity contribution is 6.40. The highest BCUT2D eigenvalue weighted by atomic mass is 35.5. The lowest BCUT2D eigenvalue weighted by Gasteiger charge is -1.59. The maximum atomic E-state index is 9.44. The van der Waals surface area contributed by atoms with E-state index in [9.17, 15) is 4.79 Å². The number of carboxylic acids is 1. The summed E-state index contributed by atoms with van der Waals surface area (Å²) in [4.78, 5) is 18.4. The molecule has 0 aliphatic heterocycles. The van der Waals surface area contributed by atoms with Crippen LogP contribution in [0.15, 0.2) is 0 Å². The predicted octanol–water partition coefficient (Wildman–Crippen LogP) is 2.11. The van der Waals surface area contributed by atoms with Crippen LogP contribution in [-0.4, -0.2) is 22.2 Å². The van der Waals surface area contributed by atoms with Gasteiger partial charge in [0.25, 0.3) is 5.97 Å². The first-order valence-electron chi connectivity index (χ1n) is 2.67. The Labute approximate surface area is 76.3 Å². The minimum absolute atomic E-state index is 0.167. The van der Waals surface area contributed by atoms with Gasteiger partial charge in [-0.1, -0.05) is 0 Å². The fourth-order valence-corrected chi connectivity index (χ4v) is 0. The number of hydrogen-bond acceptors (Lipinski definition) is 2. The Morgan fingerprint density at radius 1 is 1.18 bits per heavy atom. The van der Waals surface area contributed by atoms with Crippen LogP contribution in [0.2, 0.25) is 0 Å². The van der Waals surface area contributed by atoms with E-state index in [1.807, 2.05) is 0 Å². The van der Waals surface area contributed by atoms with Gasteiger partial charge in [-0.15, -0.1) is 23.2 Å². The maximum Gasteiger partial charge on any atom is 0.300 e. The fourth-order valence-electron chi connectivity index (χ4n) is 0. The maximum absolute atomic E-state index is 9.44. The van der Waals surface area contributed by atoms with E-state index < -0.39 is 5.97 Å². The van der Waals surface area contributed by atoms with Crippen molar-refractivity contribution < 1.29 is 14.7 Å². The van der Waals surface area contributed by atoms with Crippen LogP contribution in [0.1, 0.15) is 20.8 Å². The van der Waals surface area contributed by atoms with Gasteiger partial charge in [-0.3, -0.25) is 4.79 Å². The largest absolute Gasteiger partial charge is 0.481 e. The summed E-state index contributed by atoms with van der Waals surface area (Å²) in [6, 6.07) is 0. The molecule has 0 aromatic heterocycles. The van der Waals surface area contributed by atoms with E-state index >= 15 is 0 Å². The zero-order valence-electron chi connectivity index (χ0n) is 6.73. The second kappa shape index (κ2) is 16.4. The number of carbonyl (C=O) groups is 2. The van der Waals surface area contributed by atoms with Crippen LogP contribution in [0, 0.1) is 0 Å². The van der Waals surface area contributed by atoms with Gasteiger partial charge in [0, 0.05) is 6.92 Å². The average Bonchev–Trinajstić information content (AvgIpc) is 1.60. The molecule has 0 saturated carbocycles. The lowest BCUT2D eigenvalue weighted by molar-refractivity contribution is -0.134. The number of Topliss-reactive ketones (excluding diaryl/α,β-unsaturated/α-hetero) is 1. The molecule has 0 aliphatic rings. The summed E-state index contributed by atoms with van der Waals surface area (Å²) >= 11 is 9.53. The van der Waals surface area contributed by atoms with Gasteiger partial charge in [0.15, 0.2) is 0 Å².